The van der Waals surface area contributed by atoms with Crippen LogP contribution in [0.3, 0.4) is 0 Å². The number of amides is 1. The smallest absolute Gasteiger partial charge is 0.391 e. The topological polar surface area (TPSA) is 377 Å². The SMILES string of the molecule is COC(=O)C(=O)Cc1cncc(-c2nc(NCc3ccccn3)c3c(-c4ccccc4)ccn3n2)c1.COC(=O)C(=O)Cl.NC(=O)C(=O)Cc1cncc(-c2nc(NCc3ccccn3)c3c(-c4ccccc4)ccn3n2)c1.Nc1cncc(-c2nc(NCc3ccccn3)c3c(-c4ccccc4)ccn3n2)c1. The zero-order chi connectivity index (χ0) is 75.3. The van der Waals surface area contributed by atoms with Gasteiger partial charge in [0.05, 0.1) is 56.6 Å². The van der Waals surface area contributed by atoms with Gasteiger partial charge in [-0.25, -0.2) is 38.1 Å². The summed E-state index contributed by atoms with van der Waals surface area (Å²) < 4.78 is 13.8. The lowest BCUT2D eigenvalue weighted by Crippen LogP contribution is -2.24. The van der Waals surface area contributed by atoms with Crippen LogP contribution in [0.15, 0.2) is 256 Å². The Labute approximate surface area is 621 Å². The number of hydrogen-bond acceptors (Lipinski definition) is 24. The summed E-state index contributed by atoms with van der Waals surface area (Å²) in [4.78, 5) is 106. The van der Waals surface area contributed by atoms with E-state index in [1.165, 1.54) is 19.5 Å². The Kier molecular flexibility index (Phi) is 23.7. The first-order valence-electron chi connectivity index (χ1n) is 33.2. The number of Topliss-reactive ketones (excluding diaryl/α,β-unsaturated/α-hetero) is 2. The van der Waals surface area contributed by atoms with Crippen molar-refractivity contribution in [2.75, 3.05) is 35.9 Å². The van der Waals surface area contributed by atoms with E-state index in [0.29, 0.717) is 76.7 Å². The second kappa shape index (κ2) is 35.0. The fourth-order valence-electron chi connectivity index (χ4n) is 11.1. The Balaban J connectivity index is 0.000000145. The van der Waals surface area contributed by atoms with E-state index >= 15 is 0 Å². The van der Waals surface area contributed by atoms with Crippen molar-refractivity contribution in [3.05, 3.63) is 285 Å². The molecule has 0 unspecified atom stereocenters. The summed E-state index contributed by atoms with van der Waals surface area (Å²) in [7, 11) is 2.26. The lowest BCUT2D eigenvalue weighted by Gasteiger charge is -2.12. The number of hydrogen-bond donors (Lipinski definition) is 5. The number of nitrogen functional groups attached to an aromatic ring is 1. The van der Waals surface area contributed by atoms with Crippen LogP contribution in [0.2, 0.25) is 0 Å². The minimum atomic E-state index is -1.09. The number of ketones is 2. The first kappa shape index (κ1) is 73.1. The number of ether oxygens (including phenoxy) is 2. The van der Waals surface area contributed by atoms with Crippen LogP contribution in [0.4, 0.5) is 23.1 Å². The van der Waals surface area contributed by atoms with Crippen LogP contribution in [0.5, 0.6) is 0 Å². The van der Waals surface area contributed by atoms with Crippen LogP contribution in [-0.4, -0.2) is 123 Å². The summed E-state index contributed by atoms with van der Waals surface area (Å²) in [5.41, 5.74) is 26.1. The molecule has 29 heteroatoms. The van der Waals surface area contributed by atoms with Gasteiger partial charge < -0.3 is 36.9 Å². The van der Waals surface area contributed by atoms with Crippen molar-refractivity contribution < 1.29 is 38.2 Å². The number of benzene rings is 3. The molecule has 0 saturated heterocycles. The van der Waals surface area contributed by atoms with Crippen LogP contribution >= 0.6 is 11.6 Å². The highest BCUT2D eigenvalue weighted by Crippen LogP contribution is 2.35. The summed E-state index contributed by atoms with van der Waals surface area (Å²) in [6.07, 6.45) is 20.3. The molecule has 108 heavy (non-hydrogen) atoms. The van der Waals surface area contributed by atoms with E-state index in [2.05, 4.69) is 79.1 Å². The van der Waals surface area contributed by atoms with Crippen molar-refractivity contribution in [3.63, 3.8) is 0 Å². The van der Waals surface area contributed by atoms with Gasteiger partial charge in [-0.15, -0.1) is 15.3 Å². The third-order valence-corrected chi connectivity index (χ3v) is 16.3. The number of esters is 2. The zero-order valence-corrected chi connectivity index (χ0v) is 58.5. The highest BCUT2D eigenvalue weighted by molar-refractivity contribution is 6.80. The molecule has 0 radical (unpaired) electrons. The van der Waals surface area contributed by atoms with Crippen LogP contribution in [-0.2, 0) is 70.7 Å². The van der Waals surface area contributed by atoms with Crippen LogP contribution in [0.25, 0.3) is 84.1 Å². The number of fused-ring (bicyclic) bond motifs is 3. The number of nitrogens with zero attached hydrogens (tertiary/aromatic N) is 15. The molecule has 15 rings (SSSR count). The van der Waals surface area contributed by atoms with Gasteiger partial charge in [-0.05, 0) is 112 Å². The van der Waals surface area contributed by atoms with E-state index in [9.17, 15) is 28.8 Å². The fourth-order valence-corrected chi connectivity index (χ4v) is 11.2. The van der Waals surface area contributed by atoms with Crippen molar-refractivity contribution in [3.8, 4) is 67.5 Å². The maximum atomic E-state index is 12.0. The van der Waals surface area contributed by atoms with E-state index in [1.54, 1.807) is 64.5 Å². The molecule has 0 aliphatic rings. The Bertz CT molecular complexity index is 5690. The van der Waals surface area contributed by atoms with Crippen LogP contribution < -0.4 is 27.4 Å². The maximum absolute atomic E-state index is 12.0. The number of pyridine rings is 6. The predicted molar refractivity (Wildman–Crippen MR) is 406 cm³/mol. The number of rotatable bonds is 22. The minimum absolute atomic E-state index is 0.123. The molecule has 28 nitrogen and oxygen atoms in total. The molecule has 3 aromatic carbocycles. The normalized spacial score (nSPS) is 10.7. The maximum Gasteiger partial charge on any atom is 0.391 e. The predicted octanol–water partition coefficient (Wildman–Crippen LogP) is 10.8. The number of carbonyl (C=O) groups excluding carboxylic acids is 6. The molecule has 0 bridgehead atoms. The lowest BCUT2D eigenvalue weighted by molar-refractivity contribution is -0.151. The first-order chi connectivity index (χ1) is 52.7. The van der Waals surface area contributed by atoms with Crippen LogP contribution in [0, 0.1) is 0 Å². The van der Waals surface area contributed by atoms with Gasteiger partial charge in [0.25, 0.3) is 5.91 Å². The van der Waals surface area contributed by atoms with E-state index < -0.39 is 34.7 Å². The highest BCUT2D eigenvalue weighted by atomic mass is 35.5. The Morgan fingerprint density at radius 3 is 1.06 bits per heavy atom. The van der Waals surface area contributed by atoms with E-state index in [0.717, 1.165) is 85.5 Å². The van der Waals surface area contributed by atoms with Gasteiger partial charge in [0.2, 0.25) is 11.6 Å². The second-order valence-corrected chi connectivity index (χ2v) is 23.9. The van der Waals surface area contributed by atoms with Gasteiger partial charge >= 0.3 is 17.2 Å². The van der Waals surface area contributed by atoms with Crippen LogP contribution in [0.1, 0.15) is 28.2 Å². The van der Waals surface area contributed by atoms with Crippen molar-refractivity contribution in [1.82, 2.24) is 73.7 Å². The molecule has 0 fully saturated rings. The zero-order valence-electron chi connectivity index (χ0n) is 57.8. The molecular formula is C79H65ClN20O8. The molecule has 1 amide bonds. The molecule has 12 heterocycles. The molecular weight excluding hydrogens is 1390 g/mol. The Hall–Kier alpha value is -14.7. The lowest BCUT2D eigenvalue weighted by atomic mass is 10.1. The van der Waals surface area contributed by atoms with Crippen molar-refractivity contribution in [2.45, 2.75) is 32.5 Å². The number of aromatic nitrogens is 15. The summed E-state index contributed by atoms with van der Waals surface area (Å²) in [6.45, 7) is 1.48. The summed E-state index contributed by atoms with van der Waals surface area (Å²) in [5, 5.41) is 23.3. The van der Waals surface area contributed by atoms with Crippen molar-refractivity contribution >= 4 is 85.9 Å². The number of carbonyl (C=O) groups is 6. The van der Waals surface area contributed by atoms with Gasteiger partial charge in [0.15, 0.2) is 34.9 Å². The average Bonchev–Trinajstić information content (AvgIpc) is 1.60. The number of nitrogens with two attached hydrogens (primary N) is 2. The van der Waals surface area contributed by atoms with E-state index in [4.69, 9.17) is 41.7 Å². The molecule has 7 N–H and O–H groups in total. The van der Waals surface area contributed by atoms with Gasteiger partial charge in [0.1, 0.15) is 16.6 Å². The minimum Gasteiger partial charge on any atom is -0.463 e. The molecule has 0 aliphatic heterocycles. The average molecular weight is 1460 g/mol. The summed E-state index contributed by atoms with van der Waals surface area (Å²) in [6, 6.07) is 58.9. The third kappa shape index (κ3) is 18.4. The largest absolute Gasteiger partial charge is 0.463 e. The standard InChI is InChI=1S/C27H22N6O3.C26H21N7O2.C23H19N7.C3H3ClO3/c1-36-27(35)23(34)14-18-13-20(16-28-15-18)25-31-26(30-17-21-9-5-6-11-29-21)24-22(10-12-33(24)32-25)19-7-3-2-4-8-19;27-24(35)22(34)13-17-12-19(15-28-14-17)25-31-26(30-16-20-8-4-5-10-29-20)23-21(9-11-33(23)32-25)18-6-2-1-3-7-18;24-18-12-17(13-25-14-18)22-28-23(27-15-19-8-4-5-10-26-19)21-20(9-11-30(21)29-22)16-6-2-1-3-7-16;1-7-3(6)2(4)5/h2-13,15-16H,14,17H2,1H3,(H,30,31,32);1-12,14-15H,13,16H2,(H2,27,35)(H,30,31,32);1-14H,15,24H2,(H,27,28,29);1H3. The molecule has 0 aliphatic carbocycles. The van der Waals surface area contributed by atoms with Gasteiger partial charge in [-0.3, -0.25) is 49.1 Å². The monoisotopic (exact) mass is 1460 g/mol. The quantitative estimate of drug-likeness (QED) is 0.0239. The van der Waals surface area contributed by atoms with E-state index in [-0.39, 0.29) is 12.8 Å². The first-order valence-corrected chi connectivity index (χ1v) is 33.6. The van der Waals surface area contributed by atoms with E-state index in [1.807, 2.05) is 181 Å². The number of nitrogens with one attached hydrogen (secondary N) is 3. The number of methoxy groups -OCH3 is 2. The summed E-state index contributed by atoms with van der Waals surface area (Å²) >= 11 is 4.61. The van der Waals surface area contributed by atoms with Gasteiger partial charge in [0, 0.05) is 121 Å². The Morgan fingerprint density at radius 1 is 0.407 bits per heavy atom. The number of primary amides is 1. The van der Waals surface area contributed by atoms with Gasteiger partial charge in [-0.2, -0.15) is 0 Å². The fraction of sp³-hybridized carbons (Fsp3) is 0.0886. The number of anilines is 4. The third-order valence-electron chi connectivity index (χ3n) is 16.2. The number of halogens is 1. The highest BCUT2D eigenvalue weighted by Gasteiger charge is 2.22. The van der Waals surface area contributed by atoms with Crippen molar-refractivity contribution in [1.29, 1.82) is 0 Å². The molecule has 0 saturated carbocycles. The molecule has 12 aromatic heterocycles. The molecule has 0 atom stereocenters. The van der Waals surface area contributed by atoms with Gasteiger partial charge in [-0.1, -0.05) is 109 Å². The Morgan fingerprint density at radius 2 is 0.750 bits per heavy atom. The molecule has 536 valence electrons. The van der Waals surface area contributed by atoms with Crippen molar-refractivity contribution in [2.24, 2.45) is 5.73 Å². The molecule has 0 spiro atoms. The summed E-state index contributed by atoms with van der Waals surface area (Å²) in [5.74, 6) is -0.874. The molecule has 15 aromatic rings. The second-order valence-electron chi connectivity index (χ2n) is 23.5.